The van der Waals surface area contributed by atoms with Crippen molar-refractivity contribution in [1.82, 2.24) is 0 Å². The van der Waals surface area contributed by atoms with Crippen molar-refractivity contribution in [3.8, 4) is 0 Å². The Labute approximate surface area is 152 Å². The number of benzene rings is 2. The molecule has 0 saturated carbocycles. The van der Waals surface area contributed by atoms with Gasteiger partial charge in [0.1, 0.15) is 0 Å². The van der Waals surface area contributed by atoms with Crippen molar-refractivity contribution in [2.24, 2.45) is 5.92 Å². The molecule has 0 aliphatic heterocycles. The minimum atomic E-state index is 0.575. The van der Waals surface area contributed by atoms with Crippen molar-refractivity contribution < 1.29 is 0 Å². The number of rotatable bonds is 6. The molecule has 0 unspecified atom stereocenters. The minimum Gasteiger partial charge on any atom is -0.342 e. The van der Waals surface area contributed by atoms with Crippen LogP contribution in [0.15, 0.2) is 60.8 Å². The van der Waals surface area contributed by atoms with Crippen LogP contribution >= 0.6 is 0 Å². The SMILES string of the molecule is C=C(/C=C/c1ccc2c(c1)CCC2)N(CC(C)C)c1ccc(C)cc1. The summed E-state index contributed by atoms with van der Waals surface area (Å²) in [6, 6.07) is 15.6. The fourth-order valence-corrected chi connectivity index (χ4v) is 3.46. The van der Waals surface area contributed by atoms with Crippen LogP contribution in [0.1, 0.15) is 42.5 Å². The molecule has 0 bridgehead atoms. The van der Waals surface area contributed by atoms with Crippen LogP contribution in [0.2, 0.25) is 0 Å². The Morgan fingerprint density at radius 3 is 2.52 bits per heavy atom. The summed E-state index contributed by atoms with van der Waals surface area (Å²) in [4.78, 5) is 2.31. The molecule has 1 heteroatoms. The Morgan fingerprint density at radius 1 is 1.08 bits per heavy atom. The van der Waals surface area contributed by atoms with Crippen LogP contribution in [0.3, 0.4) is 0 Å². The van der Waals surface area contributed by atoms with Crippen molar-refractivity contribution in [3.63, 3.8) is 0 Å². The molecule has 0 fully saturated rings. The van der Waals surface area contributed by atoms with E-state index in [0.29, 0.717) is 5.92 Å². The smallest absolute Gasteiger partial charge is 0.0410 e. The lowest BCUT2D eigenvalue weighted by molar-refractivity contribution is 0.643. The lowest BCUT2D eigenvalue weighted by Crippen LogP contribution is -2.25. The summed E-state index contributed by atoms with van der Waals surface area (Å²) < 4.78 is 0. The Hall–Kier alpha value is -2.28. The van der Waals surface area contributed by atoms with Gasteiger partial charge in [-0.2, -0.15) is 0 Å². The first-order valence-electron chi connectivity index (χ1n) is 9.36. The Kier molecular flexibility index (Phi) is 5.43. The minimum absolute atomic E-state index is 0.575. The van der Waals surface area contributed by atoms with E-state index < -0.39 is 0 Å². The number of nitrogens with zero attached hydrogens (tertiary/aromatic N) is 1. The maximum absolute atomic E-state index is 4.33. The third-order valence-corrected chi connectivity index (χ3v) is 4.83. The topological polar surface area (TPSA) is 3.24 Å². The molecule has 0 saturated heterocycles. The Morgan fingerprint density at radius 2 is 1.80 bits per heavy atom. The second kappa shape index (κ2) is 7.74. The highest BCUT2D eigenvalue weighted by atomic mass is 15.1. The van der Waals surface area contributed by atoms with E-state index in [0.717, 1.165) is 12.2 Å². The highest BCUT2D eigenvalue weighted by molar-refractivity contribution is 5.61. The van der Waals surface area contributed by atoms with Gasteiger partial charge in [0.05, 0.1) is 0 Å². The highest BCUT2D eigenvalue weighted by Gasteiger charge is 2.12. The van der Waals surface area contributed by atoms with Crippen LogP contribution in [-0.4, -0.2) is 6.54 Å². The summed E-state index contributed by atoms with van der Waals surface area (Å²) in [6.07, 6.45) is 8.11. The molecule has 1 aliphatic rings. The van der Waals surface area contributed by atoms with E-state index in [4.69, 9.17) is 0 Å². The second-order valence-electron chi connectivity index (χ2n) is 7.55. The monoisotopic (exact) mass is 331 g/mol. The van der Waals surface area contributed by atoms with Crippen molar-refractivity contribution in [2.75, 3.05) is 11.4 Å². The highest BCUT2D eigenvalue weighted by Crippen LogP contribution is 2.25. The van der Waals surface area contributed by atoms with E-state index in [1.807, 2.05) is 0 Å². The van der Waals surface area contributed by atoms with Gasteiger partial charge in [0.25, 0.3) is 0 Å². The fraction of sp³-hybridized carbons (Fsp3) is 0.333. The number of fused-ring (bicyclic) bond motifs is 1. The van der Waals surface area contributed by atoms with Gasteiger partial charge < -0.3 is 4.90 Å². The van der Waals surface area contributed by atoms with E-state index in [-0.39, 0.29) is 0 Å². The summed E-state index contributed by atoms with van der Waals surface area (Å²) in [5.41, 5.74) is 7.85. The van der Waals surface area contributed by atoms with Gasteiger partial charge in [0.15, 0.2) is 0 Å². The van der Waals surface area contributed by atoms with Gasteiger partial charge >= 0.3 is 0 Å². The number of hydrogen-bond acceptors (Lipinski definition) is 1. The van der Waals surface area contributed by atoms with Crippen LogP contribution in [-0.2, 0) is 12.8 Å². The molecule has 130 valence electrons. The van der Waals surface area contributed by atoms with Gasteiger partial charge in [-0.1, -0.05) is 62.4 Å². The summed E-state index contributed by atoms with van der Waals surface area (Å²) >= 11 is 0. The molecule has 2 aromatic rings. The summed E-state index contributed by atoms with van der Waals surface area (Å²) in [6.45, 7) is 11.9. The zero-order valence-corrected chi connectivity index (χ0v) is 15.8. The molecule has 0 spiro atoms. The molecular formula is C24H29N. The van der Waals surface area contributed by atoms with Crippen molar-refractivity contribution in [1.29, 1.82) is 0 Å². The van der Waals surface area contributed by atoms with Gasteiger partial charge in [-0.05, 0) is 67.0 Å². The molecule has 1 aliphatic carbocycles. The third kappa shape index (κ3) is 4.42. The maximum atomic E-state index is 4.33. The average Bonchev–Trinajstić information content (AvgIpc) is 3.06. The molecule has 0 amide bonds. The lowest BCUT2D eigenvalue weighted by atomic mass is 10.1. The quantitative estimate of drug-likeness (QED) is 0.572. The molecule has 0 aromatic heterocycles. The zero-order chi connectivity index (χ0) is 17.8. The van der Waals surface area contributed by atoms with Gasteiger partial charge in [-0.25, -0.2) is 0 Å². The molecule has 25 heavy (non-hydrogen) atoms. The maximum Gasteiger partial charge on any atom is 0.0410 e. The molecule has 1 nitrogen and oxygen atoms in total. The van der Waals surface area contributed by atoms with Crippen LogP contribution in [0.5, 0.6) is 0 Å². The summed E-state index contributed by atoms with van der Waals surface area (Å²) in [7, 11) is 0. The van der Waals surface area contributed by atoms with Crippen LogP contribution in [0, 0.1) is 12.8 Å². The third-order valence-electron chi connectivity index (χ3n) is 4.83. The Balaban J connectivity index is 1.78. The standard InChI is InChI=1S/C24H29N/c1-18(2)17-25(24-14-8-19(3)9-15-24)20(4)10-11-21-12-13-22-6-5-7-23(22)16-21/h8-16,18H,4-7,17H2,1-3H3/b11-10+. The van der Waals surface area contributed by atoms with Crippen molar-refractivity contribution >= 4 is 11.8 Å². The molecule has 2 aromatic carbocycles. The first-order chi connectivity index (χ1) is 12.0. The number of anilines is 1. The molecule has 0 atom stereocenters. The number of hydrogen-bond donors (Lipinski definition) is 0. The molecular weight excluding hydrogens is 302 g/mol. The van der Waals surface area contributed by atoms with Gasteiger partial charge in [0, 0.05) is 17.9 Å². The van der Waals surface area contributed by atoms with Crippen LogP contribution in [0.25, 0.3) is 6.08 Å². The summed E-state index contributed by atoms with van der Waals surface area (Å²) in [5, 5.41) is 0. The first kappa shape index (κ1) is 17.5. The predicted molar refractivity (Wildman–Crippen MR) is 110 cm³/mol. The van der Waals surface area contributed by atoms with E-state index in [2.05, 4.69) is 86.9 Å². The molecule has 0 N–H and O–H groups in total. The largest absolute Gasteiger partial charge is 0.342 e. The van der Waals surface area contributed by atoms with Crippen LogP contribution < -0.4 is 4.90 Å². The van der Waals surface area contributed by atoms with E-state index in [9.17, 15) is 0 Å². The van der Waals surface area contributed by atoms with Crippen molar-refractivity contribution in [3.05, 3.63) is 83.1 Å². The normalized spacial score (nSPS) is 13.4. The van der Waals surface area contributed by atoms with Gasteiger partial charge in [0.2, 0.25) is 0 Å². The van der Waals surface area contributed by atoms with E-state index in [1.54, 1.807) is 0 Å². The molecule has 0 heterocycles. The summed E-state index contributed by atoms with van der Waals surface area (Å²) in [5.74, 6) is 0.575. The fourth-order valence-electron chi connectivity index (χ4n) is 3.46. The number of aryl methyl sites for hydroxylation is 3. The molecule has 3 rings (SSSR count). The Bertz CT molecular complexity index is 765. The van der Waals surface area contributed by atoms with E-state index in [1.165, 1.54) is 47.2 Å². The zero-order valence-electron chi connectivity index (χ0n) is 15.8. The second-order valence-corrected chi connectivity index (χ2v) is 7.55. The van der Waals surface area contributed by atoms with Gasteiger partial charge in [-0.3, -0.25) is 0 Å². The lowest BCUT2D eigenvalue weighted by Gasteiger charge is -2.27. The van der Waals surface area contributed by atoms with E-state index >= 15 is 0 Å². The number of allylic oxidation sites excluding steroid dienone is 1. The average molecular weight is 332 g/mol. The predicted octanol–water partition coefficient (Wildman–Crippen LogP) is 6.17. The first-order valence-corrected chi connectivity index (χ1v) is 9.36. The van der Waals surface area contributed by atoms with Crippen molar-refractivity contribution in [2.45, 2.75) is 40.0 Å². The van der Waals surface area contributed by atoms with Crippen LogP contribution in [0.4, 0.5) is 5.69 Å². The van der Waals surface area contributed by atoms with Gasteiger partial charge in [-0.15, -0.1) is 0 Å². The molecule has 0 radical (unpaired) electrons.